The first-order chi connectivity index (χ1) is 12.2. The summed E-state index contributed by atoms with van der Waals surface area (Å²) in [5.74, 6) is 0.739. The highest BCUT2D eigenvalue weighted by atomic mass is 35.5. The monoisotopic (exact) mass is 360 g/mol. The van der Waals surface area contributed by atoms with Gasteiger partial charge < -0.3 is 9.64 Å². The lowest BCUT2D eigenvalue weighted by Gasteiger charge is -2.26. The van der Waals surface area contributed by atoms with Crippen LogP contribution in [0.4, 0.5) is 0 Å². The van der Waals surface area contributed by atoms with E-state index in [9.17, 15) is 4.79 Å². The van der Waals surface area contributed by atoms with Gasteiger partial charge in [0.25, 0.3) is 0 Å². The van der Waals surface area contributed by atoms with Crippen LogP contribution in [0.2, 0.25) is 0 Å². The fourth-order valence-electron chi connectivity index (χ4n) is 2.80. The Labute approximate surface area is 152 Å². The van der Waals surface area contributed by atoms with Crippen molar-refractivity contribution in [3.63, 3.8) is 0 Å². The van der Waals surface area contributed by atoms with Crippen LogP contribution in [-0.2, 0) is 16.1 Å². The van der Waals surface area contributed by atoms with Gasteiger partial charge >= 0.3 is 0 Å². The topological polar surface area (TPSA) is 60.2 Å². The van der Waals surface area contributed by atoms with E-state index < -0.39 is 0 Å². The summed E-state index contributed by atoms with van der Waals surface area (Å²) >= 11 is 5.61. The summed E-state index contributed by atoms with van der Waals surface area (Å²) in [6, 6.07) is 8.22. The van der Waals surface area contributed by atoms with Gasteiger partial charge in [0.2, 0.25) is 5.91 Å². The number of amides is 1. The Morgan fingerprint density at radius 2 is 2.04 bits per heavy atom. The Morgan fingerprint density at radius 1 is 1.28 bits per heavy atom. The predicted molar refractivity (Wildman–Crippen MR) is 97.2 cm³/mol. The highest BCUT2D eigenvalue weighted by Gasteiger charge is 2.17. The molecule has 1 aromatic carbocycles. The molecule has 0 saturated heterocycles. The van der Waals surface area contributed by atoms with E-state index in [1.165, 1.54) is 11.1 Å². The average molecular weight is 361 g/mol. The lowest BCUT2D eigenvalue weighted by molar-refractivity contribution is -0.128. The number of ether oxygens (including phenoxy) is 1. The Bertz CT molecular complexity index is 755. The highest BCUT2D eigenvalue weighted by molar-refractivity contribution is 6.27. The molecule has 0 N–H and O–H groups in total. The summed E-state index contributed by atoms with van der Waals surface area (Å²) in [5, 5.41) is 4.45. The molecule has 25 heavy (non-hydrogen) atoms. The quantitative estimate of drug-likeness (QED) is 0.742. The fraction of sp³-hybridized carbons (Fsp3) is 0.389. The number of alkyl halides is 1. The van der Waals surface area contributed by atoms with Crippen molar-refractivity contribution in [2.75, 3.05) is 32.7 Å². The number of rotatable bonds is 6. The first-order valence-corrected chi connectivity index (χ1v) is 8.76. The fourth-order valence-corrected chi connectivity index (χ4v) is 2.96. The van der Waals surface area contributed by atoms with Crippen molar-refractivity contribution in [1.82, 2.24) is 19.7 Å². The Morgan fingerprint density at radius 3 is 2.68 bits per heavy atom. The Hall–Kier alpha value is -2.18. The van der Waals surface area contributed by atoms with Gasteiger partial charge in [-0.05, 0) is 17.6 Å². The first-order valence-electron chi connectivity index (χ1n) is 8.23. The Balaban J connectivity index is 1.67. The molecule has 132 valence electrons. The molecule has 6 nitrogen and oxygen atoms in total. The van der Waals surface area contributed by atoms with Gasteiger partial charge in [-0.15, -0.1) is 11.6 Å². The largest absolute Gasteiger partial charge is 0.383 e. The minimum Gasteiger partial charge on any atom is -0.383 e. The molecule has 2 heterocycles. The minimum atomic E-state index is -0.0116. The van der Waals surface area contributed by atoms with Gasteiger partial charge in [0.05, 0.1) is 13.2 Å². The molecule has 1 aliphatic heterocycles. The van der Waals surface area contributed by atoms with E-state index in [1.54, 1.807) is 23.0 Å². The van der Waals surface area contributed by atoms with Crippen molar-refractivity contribution < 1.29 is 9.53 Å². The summed E-state index contributed by atoms with van der Waals surface area (Å²) in [7, 11) is 1.67. The number of hydrogen-bond donors (Lipinski definition) is 0. The maximum absolute atomic E-state index is 11.6. The summed E-state index contributed by atoms with van der Waals surface area (Å²) in [4.78, 5) is 17.7. The molecule has 0 bridgehead atoms. The number of halogens is 1. The van der Waals surface area contributed by atoms with Gasteiger partial charge in [-0.3, -0.25) is 9.48 Å². The smallest absolute Gasteiger partial charge is 0.237 e. The molecule has 0 saturated carbocycles. The lowest BCUT2D eigenvalue weighted by atomic mass is 9.98. The van der Waals surface area contributed by atoms with Gasteiger partial charge in [0.15, 0.2) is 5.82 Å². The van der Waals surface area contributed by atoms with Crippen LogP contribution in [-0.4, -0.2) is 58.3 Å². The van der Waals surface area contributed by atoms with Gasteiger partial charge in [-0.2, -0.15) is 5.10 Å². The molecule has 0 aliphatic carbocycles. The van der Waals surface area contributed by atoms with Crippen molar-refractivity contribution in [2.45, 2.75) is 13.0 Å². The maximum Gasteiger partial charge on any atom is 0.237 e. The van der Waals surface area contributed by atoms with E-state index in [4.69, 9.17) is 16.3 Å². The zero-order chi connectivity index (χ0) is 17.6. The highest BCUT2D eigenvalue weighted by Crippen LogP contribution is 2.24. The van der Waals surface area contributed by atoms with Crippen LogP contribution in [0, 0.1) is 0 Å². The predicted octanol–water partition coefficient (Wildman–Crippen LogP) is 2.45. The Kier molecular flexibility index (Phi) is 5.83. The van der Waals surface area contributed by atoms with E-state index in [0.717, 1.165) is 12.0 Å². The van der Waals surface area contributed by atoms with Gasteiger partial charge in [0, 0.05) is 25.8 Å². The average Bonchev–Trinajstić information content (AvgIpc) is 3.15. The van der Waals surface area contributed by atoms with E-state index in [1.807, 2.05) is 12.1 Å². The van der Waals surface area contributed by atoms with Crippen molar-refractivity contribution in [3.05, 3.63) is 42.2 Å². The molecule has 7 heteroatoms. The first kappa shape index (κ1) is 17.6. The van der Waals surface area contributed by atoms with Crippen LogP contribution in [0.25, 0.3) is 17.0 Å². The van der Waals surface area contributed by atoms with Crippen LogP contribution < -0.4 is 0 Å². The second-order valence-electron chi connectivity index (χ2n) is 5.85. The molecule has 1 aromatic heterocycles. The second kappa shape index (κ2) is 8.27. The molecule has 1 aliphatic rings. The van der Waals surface area contributed by atoms with Crippen molar-refractivity contribution in [3.8, 4) is 11.4 Å². The summed E-state index contributed by atoms with van der Waals surface area (Å²) in [6.07, 6.45) is 4.65. The number of hydrogen-bond acceptors (Lipinski definition) is 4. The van der Waals surface area contributed by atoms with Crippen LogP contribution in [0.15, 0.2) is 36.7 Å². The summed E-state index contributed by atoms with van der Waals surface area (Å²) in [5.41, 5.74) is 3.40. The number of aromatic nitrogens is 3. The summed E-state index contributed by atoms with van der Waals surface area (Å²) < 4.78 is 6.82. The third-order valence-corrected chi connectivity index (χ3v) is 4.48. The van der Waals surface area contributed by atoms with Crippen molar-refractivity contribution >= 4 is 23.1 Å². The van der Waals surface area contributed by atoms with Crippen molar-refractivity contribution in [1.29, 1.82) is 0 Å². The van der Waals surface area contributed by atoms with E-state index in [0.29, 0.717) is 32.1 Å². The van der Waals surface area contributed by atoms with Crippen LogP contribution in [0.5, 0.6) is 0 Å². The molecule has 1 amide bonds. The summed E-state index contributed by atoms with van der Waals surface area (Å²) in [6.45, 7) is 2.63. The van der Waals surface area contributed by atoms with Gasteiger partial charge in [0.1, 0.15) is 12.2 Å². The molecule has 2 aromatic rings. The molecule has 0 atom stereocenters. The second-order valence-corrected chi connectivity index (χ2v) is 6.12. The third-order valence-electron chi connectivity index (χ3n) is 4.25. The number of nitrogens with zero attached hydrogens (tertiary/aromatic N) is 4. The molecule has 0 fully saturated rings. The van der Waals surface area contributed by atoms with E-state index >= 15 is 0 Å². The number of methoxy groups -OCH3 is 1. The van der Waals surface area contributed by atoms with Crippen molar-refractivity contribution in [2.24, 2.45) is 0 Å². The van der Waals surface area contributed by atoms with Crippen LogP contribution in [0.1, 0.15) is 12.0 Å². The van der Waals surface area contributed by atoms with E-state index in [2.05, 4.69) is 28.3 Å². The third kappa shape index (κ3) is 4.27. The number of benzene rings is 1. The van der Waals surface area contributed by atoms with Crippen LogP contribution in [0.3, 0.4) is 0 Å². The van der Waals surface area contributed by atoms with Gasteiger partial charge in [-0.1, -0.05) is 30.3 Å². The number of carbonyl (C=O) groups is 1. The van der Waals surface area contributed by atoms with Crippen LogP contribution >= 0.6 is 11.6 Å². The lowest BCUT2D eigenvalue weighted by Crippen LogP contribution is -2.35. The molecule has 3 rings (SSSR count). The SMILES string of the molecule is COCCn1cnc(-c2ccc(C3=CCN(C(=O)CCl)CC3)cc2)n1. The molecular formula is C18H21ClN4O2. The molecule has 0 spiro atoms. The number of carbonyl (C=O) groups excluding carboxylic acids is 1. The normalized spacial score (nSPS) is 14.5. The zero-order valence-corrected chi connectivity index (χ0v) is 14.9. The minimum absolute atomic E-state index is 0.0116. The van der Waals surface area contributed by atoms with Gasteiger partial charge in [-0.25, -0.2) is 4.98 Å². The maximum atomic E-state index is 11.6. The van der Waals surface area contributed by atoms with E-state index in [-0.39, 0.29) is 11.8 Å². The molecular weight excluding hydrogens is 340 g/mol. The molecule has 0 radical (unpaired) electrons. The molecule has 0 unspecified atom stereocenters. The zero-order valence-electron chi connectivity index (χ0n) is 14.2. The standard InChI is InChI=1S/C18H21ClN4O2/c1-25-11-10-23-13-20-18(21-23)16-4-2-14(3-5-16)15-6-8-22(9-7-15)17(24)12-19/h2-6,13H,7-12H2,1H3.